The molecule has 0 saturated carbocycles. The van der Waals surface area contributed by atoms with Gasteiger partial charge >= 0.3 is 0 Å². The number of nitro benzene ring substituents is 1. The number of fused-ring (bicyclic) bond motifs is 1. The normalized spacial score (nSPS) is 17.1. The number of hydrogen-bond acceptors (Lipinski definition) is 6. The minimum atomic E-state index is -0.384. The number of ether oxygens (including phenoxy) is 2. The Morgan fingerprint density at radius 2 is 1.86 bits per heavy atom. The number of nitro groups is 1. The molecule has 2 aliphatic rings. The summed E-state index contributed by atoms with van der Waals surface area (Å²) in [4.78, 5) is 15.3. The van der Waals surface area contributed by atoms with Crippen molar-refractivity contribution in [2.24, 2.45) is 0 Å². The Bertz CT molecular complexity index is 901. The number of benzene rings is 2. The van der Waals surface area contributed by atoms with E-state index in [4.69, 9.17) is 32.7 Å². The van der Waals surface area contributed by atoms with E-state index in [1.54, 1.807) is 12.1 Å². The van der Waals surface area contributed by atoms with Crippen molar-refractivity contribution in [1.29, 1.82) is 0 Å². The van der Waals surface area contributed by atoms with Crippen LogP contribution in [-0.4, -0.2) is 42.8 Å². The van der Waals surface area contributed by atoms with E-state index in [9.17, 15) is 10.1 Å². The third kappa shape index (κ3) is 4.03. The summed E-state index contributed by atoms with van der Waals surface area (Å²) in [5.41, 5.74) is 2.65. The van der Waals surface area contributed by atoms with Gasteiger partial charge in [0, 0.05) is 60.0 Å². The molecule has 148 valence electrons. The van der Waals surface area contributed by atoms with Crippen molar-refractivity contribution >= 4 is 34.6 Å². The zero-order valence-electron chi connectivity index (χ0n) is 15.1. The summed E-state index contributed by atoms with van der Waals surface area (Å²) in [6.07, 6.45) is 0. The number of piperazine rings is 1. The third-order valence-corrected chi connectivity index (χ3v) is 5.45. The lowest BCUT2D eigenvalue weighted by Gasteiger charge is -2.36. The van der Waals surface area contributed by atoms with Crippen molar-refractivity contribution < 1.29 is 14.4 Å². The highest BCUT2D eigenvalue weighted by Gasteiger charge is 2.25. The van der Waals surface area contributed by atoms with Crippen LogP contribution in [0.3, 0.4) is 0 Å². The maximum Gasteiger partial charge on any atom is 0.294 e. The molecule has 0 aromatic heterocycles. The monoisotopic (exact) mass is 423 g/mol. The van der Waals surface area contributed by atoms with Gasteiger partial charge in [0.2, 0.25) is 0 Å². The van der Waals surface area contributed by atoms with Crippen molar-refractivity contribution in [1.82, 2.24) is 4.90 Å². The number of hydrogen-bond donors (Lipinski definition) is 0. The molecule has 7 nitrogen and oxygen atoms in total. The van der Waals surface area contributed by atoms with Crippen LogP contribution in [0.15, 0.2) is 30.3 Å². The summed E-state index contributed by atoms with van der Waals surface area (Å²) in [5.74, 6) is 0.853. The van der Waals surface area contributed by atoms with Crippen molar-refractivity contribution in [3.63, 3.8) is 0 Å². The van der Waals surface area contributed by atoms with Gasteiger partial charge in [-0.25, -0.2) is 0 Å². The van der Waals surface area contributed by atoms with Crippen LogP contribution < -0.4 is 9.64 Å². The average Bonchev–Trinajstić information content (AvgIpc) is 2.68. The number of halogens is 2. The topological polar surface area (TPSA) is 68.1 Å². The molecule has 2 aromatic carbocycles. The summed E-state index contributed by atoms with van der Waals surface area (Å²) in [6.45, 7) is 4.38. The molecule has 28 heavy (non-hydrogen) atoms. The van der Waals surface area contributed by atoms with Crippen LogP contribution in [0.5, 0.6) is 5.75 Å². The van der Waals surface area contributed by atoms with Crippen LogP contribution >= 0.6 is 23.2 Å². The second-order valence-corrected chi connectivity index (χ2v) is 7.69. The molecule has 4 rings (SSSR count). The van der Waals surface area contributed by atoms with Gasteiger partial charge < -0.3 is 14.4 Å². The molecule has 0 unspecified atom stereocenters. The van der Waals surface area contributed by atoms with Gasteiger partial charge in [0.25, 0.3) is 5.69 Å². The molecule has 1 saturated heterocycles. The first kappa shape index (κ1) is 19.3. The molecule has 0 bridgehead atoms. The minimum Gasteiger partial charge on any atom is -0.467 e. The molecular formula is C19H19Cl2N3O4. The molecule has 0 amide bonds. The van der Waals surface area contributed by atoms with Gasteiger partial charge in [-0.05, 0) is 24.3 Å². The first-order valence-corrected chi connectivity index (χ1v) is 9.70. The fourth-order valence-electron chi connectivity index (χ4n) is 3.67. The first-order valence-electron chi connectivity index (χ1n) is 8.94. The van der Waals surface area contributed by atoms with E-state index in [2.05, 4.69) is 4.90 Å². The van der Waals surface area contributed by atoms with Crippen LogP contribution in [0.4, 0.5) is 11.4 Å². The molecule has 9 heteroatoms. The fraction of sp³-hybridized carbons (Fsp3) is 0.368. The summed E-state index contributed by atoms with van der Waals surface area (Å²) >= 11 is 12.2. The van der Waals surface area contributed by atoms with Gasteiger partial charge in [0.05, 0.1) is 11.5 Å². The number of rotatable bonds is 4. The van der Waals surface area contributed by atoms with Crippen molar-refractivity contribution in [3.8, 4) is 5.75 Å². The molecule has 0 N–H and O–H groups in total. The zero-order valence-corrected chi connectivity index (χ0v) is 16.6. The van der Waals surface area contributed by atoms with Crippen molar-refractivity contribution in [3.05, 3.63) is 61.6 Å². The third-order valence-electron chi connectivity index (χ3n) is 4.99. The van der Waals surface area contributed by atoms with Crippen molar-refractivity contribution in [2.45, 2.75) is 13.2 Å². The first-order chi connectivity index (χ1) is 13.5. The Labute approximate surface area is 172 Å². The molecule has 2 heterocycles. The standard InChI is InChI=1S/C19H19Cl2N3O4/c20-15-1-2-17(18(9-15)24(25)26)23-5-3-22(4-6-23)10-13-7-16(21)8-14-11-27-12-28-19(13)14/h1-2,7-9H,3-6,10-12H2. The van der Waals surface area contributed by atoms with E-state index in [1.165, 1.54) is 6.07 Å². The van der Waals surface area contributed by atoms with Crippen LogP contribution in [0.25, 0.3) is 0 Å². The second kappa shape index (κ2) is 8.13. The van der Waals surface area contributed by atoms with Gasteiger partial charge in [0.1, 0.15) is 11.4 Å². The molecular weight excluding hydrogens is 405 g/mol. The Hall–Kier alpha value is -2.06. The quantitative estimate of drug-likeness (QED) is 0.544. The smallest absolute Gasteiger partial charge is 0.294 e. The van der Waals surface area contributed by atoms with E-state index in [0.29, 0.717) is 42.0 Å². The molecule has 1 fully saturated rings. The molecule has 2 aromatic rings. The maximum atomic E-state index is 11.4. The highest BCUT2D eigenvalue weighted by molar-refractivity contribution is 6.31. The molecule has 0 spiro atoms. The zero-order chi connectivity index (χ0) is 19.7. The molecule has 2 aliphatic heterocycles. The van der Waals surface area contributed by atoms with Crippen LogP contribution in [0.1, 0.15) is 11.1 Å². The van der Waals surface area contributed by atoms with Gasteiger partial charge in [-0.2, -0.15) is 0 Å². The molecule has 0 atom stereocenters. The average molecular weight is 424 g/mol. The highest BCUT2D eigenvalue weighted by atomic mass is 35.5. The number of nitrogens with zero attached hydrogens (tertiary/aromatic N) is 3. The van der Waals surface area contributed by atoms with Crippen LogP contribution in [0, 0.1) is 10.1 Å². The minimum absolute atomic E-state index is 0.0401. The van der Waals surface area contributed by atoms with Gasteiger partial charge in [0.15, 0.2) is 6.79 Å². The SMILES string of the molecule is O=[N+]([O-])c1cc(Cl)ccc1N1CCN(Cc2cc(Cl)cc3c2OCOC3)CC1. The fourth-order valence-corrected chi connectivity index (χ4v) is 4.10. The summed E-state index contributed by atoms with van der Waals surface area (Å²) < 4.78 is 11.0. The largest absolute Gasteiger partial charge is 0.467 e. The predicted molar refractivity (Wildman–Crippen MR) is 107 cm³/mol. The van der Waals surface area contributed by atoms with Gasteiger partial charge in [-0.3, -0.25) is 15.0 Å². The Morgan fingerprint density at radius 3 is 2.61 bits per heavy atom. The van der Waals surface area contributed by atoms with Gasteiger partial charge in [-0.1, -0.05) is 23.2 Å². The van der Waals surface area contributed by atoms with E-state index >= 15 is 0 Å². The van der Waals surface area contributed by atoms with E-state index in [1.807, 2.05) is 17.0 Å². The lowest BCUT2D eigenvalue weighted by atomic mass is 10.1. The lowest BCUT2D eigenvalue weighted by molar-refractivity contribution is -0.384. The second-order valence-electron chi connectivity index (χ2n) is 6.82. The Balaban J connectivity index is 1.46. The Kier molecular flexibility index (Phi) is 5.59. The van der Waals surface area contributed by atoms with E-state index in [0.717, 1.165) is 30.0 Å². The van der Waals surface area contributed by atoms with Crippen LogP contribution in [-0.2, 0) is 17.9 Å². The summed E-state index contributed by atoms with van der Waals surface area (Å²) in [6, 6.07) is 8.62. The Morgan fingerprint density at radius 1 is 1.07 bits per heavy atom. The highest BCUT2D eigenvalue weighted by Crippen LogP contribution is 2.34. The summed E-state index contributed by atoms with van der Waals surface area (Å²) in [5, 5.41) is 12.4. The van der Waals surface area contributed by atoms with E-state index in [-0.39, 0.29) is 17.4 Å². The number of anilines is 1. The van der Waals surface area contributed by atoms with Crippen LogP contribution in [0.2, 0.25) is 10.0 Å². The lowest BCUT2D eigenvalue weighted by Crippen LogP contribution is -2.46. The molecule has 0 aliphatic carbocycles. The predicted octanol–water partition coefficient (Wildman–Crippen LogP) is 4.09. The van der Waals surface area contributed by atoms with Gasteiger partial charge in [-0.15, -0.1) is 0 Å². The van der Waals surface area contributed by atoms with E-state index < -0.39 is 0 Å². The summed E-state index contributed by atoms with van der Waals surface area (Å²) in [7, 11) is 0. The molecule has 0 radical (unpaired) electrons. The maximum absolute atomic E-state index is 11.4. The van der Waals surface area contributed by atoms with Crippen molar-refractivity contribution in [2.75, 3.05) is 37.9 Å².